The fraction of sp³-hybridized carbons (Fsp3) is 0.333. The van der Waals surface area contributed by atoms with Gasteiger partial charge in [-0.25, -0.2) is 0 Å². The van der Waals surface area contributed by atoms with Crippen LogP contribution in [0.4, 0.5) is 0 Å². The topological polar surface area (TPSA) is 68.0 Å². The van der Waals surface area contributed by atoms with Gasteiger partial charge in [-0.15, -0.1) is 24.8 Å². The Bertz CT molecular complexity index is 610. The molecule has 0 bridgehead atoms. The van der Waals surface area contributed by atoms with E-state index in [2.05, 4.69) is 10.3 Å². The van der Waals surface area contributed by atoms with Crippen molar-refractivity contribution in [3.05, 3.63) is 40.2 Å². The second kappa shape index (κ2) is 8.48. The molecule has 0 saturated carbocycles. The van der Waals surface area contributed by atoms with Crippen LogP contribution in [0.1, 0.15) is 29.9 Å². The molecule has 0 atom stereocenters. The van der Waals surface area contributed by atoms with Crippen LogP contribution in [0.2, 0.25) is 0 Å². The molecule has 3 N–H and O–H groups in total. The quantitative estimate of drug-likeness (QED) is 0.876. The highest BCUT2D eigenvalue weighted by Gasteiger charge is 2.15. The van der Waals surface area contributed by atoms with Crippen LogP contribution in [0.3, 0.4) is 0 Å². The average Bonchev–Trinajstić information content (AvgIpc) is 2.88. The molecule has 7 heteroatoms. The highest BCUT2D eigenvalue weighted by Crippen LogP contribution is 2.21. The number of halogens is 2. The van der Waals surface area contributed by atoms with Crippen LogP contribution in [0, 0.1) is 6.92 Å². The molecule has 2 heterocycles. The van der Waals surface area contributed by atoms with E-state index < -0.39 is 5.54 Å². The van der Waals surface area contributed by atoms with Crippen molar-refractivity contribution in [1.82, 2.24) is 10.3 Å². The molecule has 22 heavy (non-hydrogen) atoms. The summed E-state index contributed by atoms with van der Waals surface area (Å²) >= 11 is 1.63. The van der Waals surface area contributed by atoms with Gasteiger partial charge in [0.15, 0.2) is 0 Å². The average molecular weight is 362 g/mol. The van der Waals surface area contributed by atoms with Crippen LogP contribution in [0.5, 0.6) is 0 Å². The van der Waals surface area contributed by atoms with Crippen molar-refractivity contribution in [1.29, 1.82) is 0 Å². The summed E-state index contributed by atoms with van der Waals surface area (Å²) in [6.07, 6.45) is 0. The van der Waals surface area contributed by atoms with E-state index in [-0.39, 0.29) is 30.7 Å². The van der Waals surface area contributed by atoms with E-state index in [0.29, 0.717) is 12.1 Å². The Balaban J connectivity index is 0.00000220. The normalized spacial score (nSPS) is 10.4. The van der Waals surface area contributed by atoms with Gasteiger partial charge in [-0.1, -0.05) is 0 Å². The molecule has 0 aliphatic carbocycles. The first kappa shape index (κ1) is 20.9. The van der Waals surface area contributed by atoms with Crippen molar-refractivity contribution < 1.29 is 4.79 Å². The molecule has 0 radical (unpaired) electrons. The van der Waals surface area contributed by atoms with Crippen LogP contribution in [-0.4, -0.2) is 23.0 Å². The zero-order valence-electron chi connectivity index (χ0n) is 12.8. The lowest BCUT2D eigenvalue weighted by Crippen LogP contribution is -2.45. The fourth-order valence-corrected chi connectivity index (χ4v) is 2.42. The number of amides is 1. The molecule has 4 nitrogen and oxygen atoms in total. The van der Waals surface area contributed by atoms with Gasteiger partial charge in [-0.3, -0.25) is 9.78 Å². The minimum atomic E-state index is -0.423. The van der Waals surface area contributed by atoms with E-state index in [1.807, 2.05) is 49.7 Å². The number of nitrogens with zero attached hydrogens (tertiary/aromatic N) is 1. The summed E-state index contributed by atoms with van der Waals surface area (Å²) in [5, 5.41) is 6.88. The molecule has 0 unspecified atom stereocenters. The molecule has 0 spiro atoms. The summed E-state index contributed by atoms with van der Waals surface area (Å²) in [7, 11) is 0. The van der Waals surface area contributed by atoms with Crippen LogP contribution in [0.25, 0.3) is 11.3 Å². The van der Waals surface area contributed by atoms with Gasteiger partial charge < -0.3 is 11.1 Å². The van der Waals surface area contributed by atoms with Gasteiger partial charge in [0.1, 0.15) is 0 Å². The molecule has 122 valence electrons. The number of carbonyl (C=O) groups is 1. The van der Waals surface area contributed by atoms with E-state index in [4.69, 9.17) is 5.73 Å². The zero-order chi connectivity index (χ0) is 14.8. The summed E-state index contributed by atoms with van der Waals surface area (Å²) in [5.41, 5.74) is 8.72. The lowest BCUT2D eigenvalue weighted by Gasteiger charge is -2.19. The third kappa shape index (κ3) is 5.57. The second-order valence-corrected chi connectivity index (χ2v) is 6.29. The number of carbonyl (C=O) groups excluding carboxylic acids is 1. The van der Waals surface area contributed by atoms with Crippen molar-refractivity contribution in [2.45, 2.75) is 26.3 Å². The predicted molar refractivity (Wildman–Crippen MR) is 97.4 cm³/mol. The molecular formula is C15H21Cl2N3OS. The summed E-state index contributed by atoms with van der Waals surface area (Å²) < 4.78 is 0. The van der Waals surface area contributed by atoms with Gasteiger partial charge in [0.2, 0.25) is 0 Å². The SMILES string of the molecule is Cc1nc(-c2ccsc2)ccc1C(=O)NCC(C)(C)N.Cl.Cl. The third-order valence-electron chi connectivity index (χ3n) is 2.85. The number of pyridine rings is 1. The van der Waals surface area contributed by atoms with Crippen molar-refractivity contribution in [2.24, 2.45) is 5.73 Å². The van der Waals surface area contributed by atoms with Crippen LogP contribution in [0.15, 0.2) is 29.0 Å². The van der Waals surface area contributed by atoms with E-state index in [9.17, 15) is 4.79 Å². The maximum absolute atomic E-state index is 12.1. The van der Waals surface area contributed by atoms with Crippen molar-refractivity contribution in [3.63, 3.8) is 0 Å². The molecule has 2 aromatic heterocycles. The molecule has 0 saturated heterocycles. The summed E-state index contributed by atoms with van der Waals surface area (Å²) in [4.78, 5) is 16.6. The van der Waals surface area contributed by atoms with Gasteiger partial charge in [0, 0.05) is 23.0 Å². The van der Waals surface area contributed by atoms with Gasteiger partial charge >= 0.3 is 0 Å². The van der Waals surface area contributed by atoms with Crippen LogP contribution < -0.4 is 11.1 Å². The predicted octanol–water partition coefficient (Wildman–Crippen LogP) is 3.43. The van der Waals surface area contributed by atoms with Crippen molar-refractivity contribution in [2.75, 3.05) is 6.54 Å². The number of aromatic nitrogens is 1. The maximum atomic E-state index is 12.1. The maximum Gasteiger partial charge on any atom is 0.253 e. The Kier molecular flexibility index (Phi) is 8.04. The molecule has 2 aromatic rings. The van der Waals surface area contributed by atoms with Gasteiger partial charge in [-0.2, -0.15) is 11.3 Å². The summed E-state index contributed by atoms with van der Waals surface area (Å²) in [6, 6.07) is 5.70. The largest absolute Gasteiger partial charge is 0.350 e. The van der Waals surface area contributed by atoms with E-state index in [1.54, 1.807) is 11.3 Å². The highest BCUT2D eigenvalue weighted by atomic mass is 35.5. The number of nitrogens with one attached hydrogen (secondary N) is 1. The van der Waals surface area contributed by atoms with E-state index in [0.717, 1.165) is 17.0 Å². The first-order valence-corrected chi connectivity index (χ1v) is 7.38. The van der Waals surface area contributed by atoms with Crippen molar-refractivity contribution in [3.8, 4) is 11.3 Å². The Morgan fingerprint density at radius 2 is 2.00 bits per heavy atom. The number of thiophene rings is 1. The first-order valence-electron chi connectivity index (χ1n) is 6.44. The third-order valence-corrected chi connectivity index (χ3v) is 3.54. The summed E-state index contributed by atoms with van der Waals surface area (Å²) in [6.45, 7) is 6.02. The minimum absolute atomic E-state index is 0. The molecule has 0 aliphatic heterocycles. The fourth-order valence-electron chi connectivity index (χ4n) is 1.78. The molecular weight excluding hydrogens is 341 g/mol. The number of hydrogen-bond acceptors (Lipinski definition) is 4. The minimum Gasteiger partial charge on any atom is -0.350 e. The standard InChI is InChI=1S/C15H19N3OS.2ClH/c1-10-12(14(19)17-9-15(2,3)16)4-5-13(18-10)11-6-7-20-8-11;;/h4-8H,9,16H2,1-3H3,(H,17,19);2*1H. The second-order valence-electron chi connectivity index (χ2n) is 5.51. The zero-order valence-corrected chi connectivity index (χ0v) is 15.2. The molecule has 0 aromatic carbocycles. The number of nitrogens with two attached hydrogens (primary N) is 1. The Labute approximate surface area is 147 Å². The van der Waals surface area contributed by atoms with Crippen LogP contribution in [-0.2, 0) is 0 Å². The first-order chi connectivity index (χ1) is 9.37. The Morgan fingerprint density at radius 3 is 2.50 bits per heavy atom. The Hall–Kier alpha value is -1.14. The number of hydrogen-bond donors (Lipinski definition) is 2. The van der Waals surface area contributed by atoms with Gasteiger partial charge in [0.05, 0.1) is 17.0 Å². The van der Waals surface area contributed by atoms with E-state index >= 15 is 0 Å². The van der Waals surface area contributed by atoms with Gasteiger partial charge in [-0.05, 0) is 44.4 Å². The van der Waals surface area contributed by atoms with E-state index in [1.165, 1.54) is 0 Å². The number of aryl methyl sites for hydroxylation is 1. The molecule has 0 fully saturated rings. The van der Waals surface area contributed by atoms with Gasteiger partial charge in [0.25, 0.3) is 5.91 Å². The monoisotopic (exact) mass is 361 g/mol. The highest BCUT2D eigenvalue weighted by molar-refractivity contribution is 7.08. The van der Waals surface area contributed by atoms with Crippen LogP contribution >= 0.6 is 36.2 Å². The summed E-state index contributed by atoms with van der Waals surface area (Å²) in [5.74, 6) is -0.134. The molecule has 1 amide bonds. The molecule has 0 aliphatic rings. The number of rotatable bonds is 4. The Morgan fingerprint density at radius 1 is 1.32 bits per heavy atom. The molecule has 2 rings (SSSR count). The van der Waals surface area contributed by atoms with Crippen molar-refractivity contribution >= 4 is 42.1 Å². The smallest absolute Gasteiger partial charge is 0.253 e. The lowest BCUT2D eigenvalue weighted by atomic mass is 10.1. The lowest BCUT2D eigenvalue weighted by molar-refractivity contribution is 0.0945.